The van der Waals surface area contributed by atoms with E-state index in [0.29, 0.717) is 5.02 Å². The number of nitrogens with one attached hydrogen (secondary N) is 2. The highest BCUT2D eigenvalue weighted by Gasteiger charge is 2.18. The fourth-order valence-electron chi connectivity index (χ4n) is 2.01. The predicted octanol–water partition coefficient (Wildman–Crippen LogP) is 1.96. The number of quaternary nitrogens is 1. The van der Waals surface area contributed by atoms with Crippen molar-refractivity contribution in [2.75, 3.05) is 18.9 Å². The summed E-state index contributed by atoms with van der Waals surface area (Å²) in [5.74, 6) is -0.292. The Morgan fingerprint density at radius 2 is 2.23 bits per heavy atom. The van der Waals surface area contributed by atoms with Crippen LogP contribution in [0.2, 0.25) is 5.02 Å². The molecule has 1 unspecified atom stereocenters. The van der Waals surface area contributed by atoms with E-state index in [9.17, 15) is 14.9 Å². The van der Waals surface area contributed by atoms with Crippen LogP contribution in [0, 0.1) is 10.1 Å². The molecule has 0 spiro atoms. The van der Waals surface area contributed by atoms with Crippen LogP contribution in [-0.2, 0) is 11.3 Å². The number of benzene rings is 1. The molecule has 6 nitrogen and oxygen atoms in total. The molecule has 0 radical (unpaired) electrons. The molecule has 2 N–H and O–H groups in total. The molecule has 1 heterocycles. The van der Waals surface area contributed by atoms with Crippen LogP contribution in [0.1, 0.15) is 4.88 Å². The Balaban J connectivity index is 1.99. The molecule has 0 aliphatic heterocycles. The minimum atomic E-state index is -0.547. The first-order chi connectivity index (χ1) is 10.5. The molecule has 0 bridgehead atoms. The maximum atomic E-state index is 12.0. The number of nitro benzene ring substituents is 1. The fourth-order valence-corrected chi connectivity index (χ4v) is 3.00. The zero-order valence-electron chi connectivity index (χ0n) is 11.8. The average molecular weight is 341 g/mol. The Bertz CT molecular complexity index is 676. The van der Waals surface area contributed by atoms with E-state index in [-0.39, 0.29) is 23.8 Å². The van der Waals surface area contributed by atoms with Crippen LogP contribution in [0.4, 0.5) is 11.4 Å². The number of amides is 1. The number of thiophene rings is 1. The SMILES string of the molecule is C[NH+](CC(=O)Nc1cc(Cl)ccc1[N+](=O)[O-])Cc1cccs1. The number of nitro groups is 1. The van der Waals surface area contributed by atoms with Gasteiger partial charge in [-0.25, -0.2) is 0 Å². The summed E-state index contributed by atoms with van der Waals surface area (Å²) in [5.41, 5.74) is -0.0555. The Morgan fingerprint density at radius 1 is 1.45 bits per heavy atom. The standard InChI is InChI=1S/C14H14ClN3O3S/c1-17(8-11-3-2-6-22-11)9-14(19)16-12-7-10(15)4-5-13(12)18(20)21/h2-7H,8-9H2,1H3,(H,16,19)/p+1. The Morgan fingerprint density at radius 3 is 2.86 bits per heavy atom. The smallest absolute Gasteiger partial charge is 0.292 e. The quantitative estimate of drug-likeness (QED) is 0.623. The number of hydrogen-bond donors (Lipinski definition) is 2. The summed E-state index contributed by atoms with van der Waals surface area (Å²) in [6.07, 6.45) is 0. The third-order valence-corrected chi connectivity index (χ3v) is 4.06. The van der Waals surface area contributed by atoms with Gasteiger partial charge in [-0.1, -0.05) is 17.7 Å². The minimum absolute atomic E-state index is 0.117. The lowest BCUT2D eigenvalue weighted by Crippen LogP contribution is -3.08. The summed E-state index contributed by atoms with van der Waals surface area (Å²) in [6, 6.07) is 8.05. The van der Waals surface area contributed by atoms with Gasteiger partial charge in [-0.2, -0.15) is 0 Å². The van der Waals surface area contributed by atoms with Gasteiger partial charge in [0.2, 0.25) is 0 Å². The van der Waals surface area contributed by atoms with E-state index in [1.807, 2.05) is 24.6 Å². The van der Waals surface area contributed by atoms with Crippen molar-refractivity contribution in [3.8, 4) is 0 Å². The molecule has 116 valence electrons. The van der Waals surface area contributed by atoms with Gasteiger partial charge in [0.15, 0.2) is 6.54 Å². The van der Waals surface area contributed by atoms with Crippen LogP contribution < -0.4 is 10.2 Å². The van der Waals surface area contributed by atoms with E-state index in [1.54, 1.807) is 11.3 Å². The van der Waals surface area contributed by atoms with Gasteiger partial charge >= 0.3 is 0 Å². The number of nitrogens with zero attached hydrogens (tertiary/aromatic N) is 1. The van der Waals surface area contributed by atoms with E-state index in [0.717, 1.165) is 11.4 Å². The number of rotatable bonds is 6. The average Bonchev–Trinajstić information content (AvgIpc) is 2.90. The molecule has 1 atom stereocenters. The Hall–Kier alpha value is -1.96. The molecule has 1 aromatic heterocycles. The lowest BCUT2D eigenvalue weighted by Gasteiger charge is -2.13. The van der Waals surface area contributed by atoms with E-state index in [4.69, 9.17) is 11.6 Å². The van der Waals surface area contributed by atoms with Gasteiger partial charge in [0, 0.05) is 11.1 Å². The number of carbonyl (C=O) groups excluding carboxylic acids is 1. The first-order valence-corrected chi connectivity index (χ1v) is 7.79. The molecule has 0 aliphatic carbocycles. The molecule has 0 saturated carbocycles. The number of carbonyl (C=O) groups is 1. The molecule has 2 aromatic rings. The van der Waals surface area contributed by atoms with Gasteiger partial charge in [0.1, 0.15) is 12.2 Å². The third-order valence-electron chi connectivity index (χ3n) is 2.95. The van der Waals surface area contributed by atoms with Crippen LogP contribution in [0.15, 0.2) is 35.7 Å². The Kier molecular flexibility index (Phi) is 5.48. The van der Waals surface area contributed by atoms with E-state index in [2.05, 4.69) is 5.32 Å². The van der Waals surface area contributed by atoms with Crippen LogP contribution in [0.3, 0.4) is 0 Å². The first-order valence-electron chi connectivity index (χ1n) is 6.53. The van der Waals surface area contributed by atoms with Crippen molar-refractivity contribution in [1.82, 2.24) is 0 Å². The van der Waals surface area contributed by atoms with E-state index < -0.39 is 4.92 Å². The van der Waals surface area contributed by atoms with Crippen molar-refractivity contribution in [3.05, 3.63) is 55.7 Å². The molecular formula is C14H15ClN3O3S+. The van der Waals surface area contributed by atoms with Crippen LogP contribution in [0.5, 0.6) is 0 Å². The van der Waals surface area contributed by atoms with Gasteiger partial charge < -0.3 is 10.2 Å². The summed E-state index contributed by atoms with van der Waals surface area (Å²) >= 11 is 7.46. The van der Waals surface area contributed by atoms with E-state index in [1.165, 1.54) is 23.1 Å². The molecule has 0 saturated heterocycles. The second-order valence-corrected chi connectivity index (χ2v) is 6.33. The van der Waals surface area contributed by atoms with Gasteiger partial charge in [-0.15, -0.1) is 11.3 Å². The number of likely N-dealkylation sites (N-methyl/N-ethyl adjacent to an activating group) is 1. The highest BCUT2D eigenvalue weighted by molar-refractivity contribution is 7.09. The topological polar surface area (TPSA) is 76.7 Å². The van der Waals surface area contributed by atoms with Crippen LogP contribution in [-0.4, -0.2) is 24.4 Å². The summed E-state index contributed by atoms with van der Waals surface area (Å²) in [6.45, 7) is 0.935. The number of hydrogen-bond acceptors (Lipinski definition) is 4. The van der Waals surface area contributed by atoms with Gasteiger partial charge in [0.25, 0.3) is 11.6 Å². The van der Waals surface area contributed by atoms with Gasteiger partial charge in [0.05, 0.1) is 16.8 Å². The maximum Gasteiger partial charge on any atom is 0.292 e. The maximum absolute atomic E-state index is 12.0. The van der Waals surface area contributed by atoms with Crippen LogP contribution in [0.25, 0.3) is 0 Å². The molecule has 0 fully saturated rings. The monoisotopic (exact) mass is 340 g/mol. The number of anilines is 1. The molecule has 22 heavy (non-hydrogen) atoms. The normalized spacial score (nSPS) is 11.9. The molecule has 1 amide bonds. The highest BCUT2D eigenvalue weighted by Crippen LogP contribution is 2.27. The zero-order chi connectivity index (χ0) is 16.1. The summed E-state index contributed by atoms with van der Waals surface area (Å²) < 4.78 is 0. The molecule has 8 heteroatoms. The third kappa shape index (κ3) is 4.52. The molecule has 1 aromatic carbocycles. The van der Waals surface area contributed by atoms with Crippen molar-refractivity contribution in [2.45, 2.75) is 6.54 Å². The van der Waals surface area contributed by atoms with Crippen molar-refractivity contribution in [3.63, 3.8) is 0 Å². The Labute approximate surface area is 136 Å². The minimum Gasteiger partial charge on any atom is -0.325 e. The number of halogens is 1. The van der Waals surface area contributed by atoms with Gasteiger partial charge in [-0.05, 0) is 23.6 Å². The lowest BCUT2D eigenvalue weighted by molar-refractivity contribution is -0.884. The van der Waals surface area contributed by atoms with Gasteiger partial charge in [-0.3, -0.25) is 14.9 Å². The molecular weight excluding hydrogens is 326 g/mol. The summed E-state index contributed by atoms with van der Waals surface area (Å²) in [5, 5.41) is 15.8. The predicted molar refractivity (Wildman–Crippen MR) is 86.5 cm³/mol. The zero-order valence-corrected chi connectivity index (χ0v) is 13.4. The summed E-state index contributed by atoms with van der Waals surface area (Å²) in [7, 11) is 1.89. The lowest BCUT2D eigenvalue weighted by atomic mass is 10.2. The van der Waals surface area contributed by atoms with Crippen molar-refractivity contribution < 1.29 is 14.6 Å². The largest absolute Gasteiger partial charge is 0.325 e. The van der Waals surface area contributed by atoms with Crippen LogP contribution >= 0.6 is 22.9 Å². The van der Waals surface area contributed by atoms with Crippen molar-refractivity contribution in [1.29, 1.82) is 0 Å². The second kappa shape index (κ2) is 7.35. The first kappa shape index (κ1) is 16.4. The van der Waals surface area contributed by atoms with Crippen molar-refractivity contribution >= 4 is 40.2 Å². The fraction of sp³-hybridized carbons (Fsp3) is 0.214. The second-order valence-electron chi connectivity index (χ2n) is 4.86. The summed E-state index contributed by atoms with van der Waals surface area (Å²) in [4.78, 5) is 24.6. The van der Waals surface area contributed by atoms with Crippen molar-refractivity contribution in [2.24, 2.45) is 0 Å². The molecule has 0 aliphatic rings. The van der Waals surface area contributed by atoms with E-state index >= 15 is 0 Å². The molecule has 2 rings (SSSR count). The highest BCUT2D eigenvalue weighted by atomic mass is 35.5.